The Morgan fingerprint density at radius 1 is 1.04 bits per heavy atom. The minimum atomic E-state index is -0.763. The lowest BCUT2D eigenvalue weighted by molar-refractivity contribution is 0.0253. The number of amides is 1. The molecule has 4 heterocycles. The van der Waals surface area contributed by atoms with E-state index in [1.54, 1.807) is 64.6 Å². The Bertz CT molecular complexity index is 2060. The van der Waals surface area contributed by atoms with Gasteiger partial charge in [0.1, 0.15) is 39.5 Å². The fraction of sp³-hybridized carbons (Fsp3) is 0.424. The van der Waals surface area contributed by atoms with Crippen LogP contribution in [-0.4, -0.2) is 70.9 Å². The second-order valence-electron chi connectivity index (χ2n) is 13.3. The maximum Gasteiger partial charge on any atom is 0.420 e. The zero-order valence-electron chi connectivity index (χ0n) is 28.7. The molecule has 0 atom stereocenters. The molecule has 5 aromatic rings. The van der Waals surface area contributed by atoms with E-state index in [4.69, 9.17) is 25.0 Å². The normalized spacial score (nSPS) is 11.7. The van der Waals surface area contributed by atoms with Gasteiger partial charge in [0.25, 0.3) is 0 Å². The highest BCUT2D eigenvalue weighted by Crippen LogP contribution is 2.26. The number of aromatic nitrogens is 6. The number of carbonyl (C=O) groups is 2. The number of carbonyl (C=O) groups excluding carboxylic acids is 2. The van der Waals surface area contributed by atoms with Crippen molar-refractivity contribution in [3.05, 3.63) is 81.2 Å². The van der Waals surface area contributed by atoms with Gasteiger partial charge in [-0.25, -0.2) is 38.5 Å². The van der Waals surface area contributed by atoms with E-state index in [1.165, 1.54) is 40.6 Å². The quantitative estimate of drug-likeness (QED) is 0.0838. The number of nitrogens with zero attached hydrogens (tertiary/aromatic N) is 10. The number of pyridine rings is 1. The SMILES string of the molecule is CC(C)(C)OC(=O)N(CCc1nc2c(NCc3ncccc3F)ncnc2s1)CCc1nc2cc(CN=[N+]=[N-])ccc2n1C(=O)OC(C)(C)C. The van der Waals surface area contributed by atoms with Crippen molar-refractivity contribution >= 4 is 50.7 Å². The summed E-state index contributed by atoms with van der Waals surface area (Å²) in [5.74, 6) is 0.400. The molecule has 0 bridgehead atoms. The van der Waals surface area contributed by atoms with Gasteiger partial charge in [0.2, 0.25) is 0 Å². The first-order valence-corrected chi connectivity index (χ1v) is 16.7. The van der Waals surface area contributed by atoms with Crippen molar-refractivity contribution in [2.75, 3.05) is 18.4 Å². The van der Waals surface area contributed by atoms with Gasteiger partial charge in [0.05, 0.1) is 34.8 Å². The van der Waals surface area contributed by atoms with Crippen molar-refractivity contribution in [1.82, 2.24) is 34.4 Å². The first kappa shape index (κ1) is 35.9. The number of benzene rings is 1. The second-order valence-corrected chi connectivity index (χ2v) is 14.4. The van der Waals surface area contributed by atoms with Crippen LogP contribution in [0.1, 0.15) is 63.6 Å². The number of hydrogen-bond acceptors (Lipinski definition) is 12. The average molecular weight is 704 g/mol. The molecule has 1 aromatic carbocycles. The predicted octanol–water partition coefficient (Wildman–Crippen LogP) is 7.20. The van der Waals surface area contributed by atoms with Crippen molar-refractivity contribution in [1.29, 1.82) is 0 Å². The predicted molar refractivity (Wildman–Crippen MR) is 186 cm³/mol. The summed E-state index contributed by atoms with van der Waals surface area (Å²) in [5, 5.41) is 7.42. The number of rotatable bonds is 11. The van der Waals surface area contributed by atoms with Crippen molar-refractivity contribution in [2.24, 2.45) is 5.11 Å². The topological polar surface area (TPSA) is 186 Å². The lowest BCUT2D eigenvalue weighted by atomic mass is 10.2. The van der Waals surface area contributed by atoms with Crippen LogP contribution in [0, 0.1) is 5.82 Å². The van der Waals surface area contributed by atoms with E-state index in [-0.39, 0.29) is 38.3 Å². The second kappa shape index (κ2) is 15.0. The van der Waals surface area contributed by atoms with E-state index in [0.717, 1.165) is 5.56 Å². The van der Waals surface area contributed by atoms with Gasteiger partial charge < -0.3 is 19.7 Å². The Morgan fingerprint density at radius 3 is 2.52 bits per heavy atom. The van der Waals surface area contributed by atoms with Crippen LogP contribution >= 0.6 is 11.3 Å². The molecule has 0 fully saturated rings. The summed E-state index contributed by atoms with van der Waals surface area (Å²) in [7, 11) is 0. The number of thiazole rings is 1. The number of hydrogen-bond donors (Lipinski definition) is 1. The number of nitrogens with one attached hydrogen (secondary N) is 1. The highest BCUT2D eigenvalue weighted by Gasteiger charge is 2.26. The number of fused-ring (bicyclic) bond motifs is 2. The Labute approximate surface area is 291 Å². The van der Waals surface area contributed by atoms with Crippen molar-refractivity contribution in [2.45, 2.75) is 78.7 Å². The third kappa shape index (κ3) is 9.18. The molecule has 1 N–H and O–H groups in total. The van der Waals surface area contributed by atoms with Gasteiger partial charge in [-0.15, -0.1) is 0 Å². The maximum atomic E-state index is 14.1. The van der Waals surface area contributed by atoms with E-state index >= 15 is 0 Å². The maximum absolute atomic E-state index is 14.1. The Hall–Kier alpha value is -5.41. The number of anilines is 1. The molecule has 17 heteroatoms. The fourth-order valence-electron chi connectivity index (χ4n) is 4.90. The Morgan fingerprint density at radius 2 is 1.80 bits per heavy atom. The first-order chi connectivity index (χ1) is 23.7. The van der Waals surface area contributed by atoms with Crippen LogP contribution in [0.2, 0.25) is 0 Å². The Kier molecular flexibility index (Phi) is 10.8. The van der Waals surface area contributed by atoms with Gasteiger partial charge in [-0.05, 0) is 76.9 Å². The molecule has 0 aliphatic carbocycles. The highest BCUT2D eigenvalue weighted by molar-refractivity contribution is 7.18. The van der Waals surface area contributed by atoms with Crippen LogP contribution in [0.15, 0.2) is 48.0 Å². The zero-order chi connectivity index (χ0) is 36.1. The first-order valence-electron chi connectivity index (χ1n) is 15.9. The molecule has 0 spiro atoms. The summed E-state index contributed by atoms with van der Waals surface area (Å²) in [5.41, 5.74) is 9.78. The van der Waals surface area contributed by atoms with Crippen LogP contribution in [0.3, 0.4) is 0 Å². The lowest BCUT2D eigenvalue weighted by Crippen LogP contribution is -2.39. The minimum Gasteiger partial charge on any atom is -0.444 e. The standard InChI is InChI=1S/C33H38FN11O4S/c1-32(2,3)48-30(46)44(15-12-26-42-27-28(38-19-39-29(27)50-26)37-18-23-21(34)8-7-13-36-23)14-11-25-41-22-16-20(17-40-43-35)9-10-24(22)45(25)31(47)49-33(4,5)6/h7-10,13,16,19H,11-12,14-15,17-18H2,1-6H3,(H,37,38,39). The van der Waals surface area contributed by atoms with Crippen LogP contribution in [-0.2, 0) is 35.4 Å². The minimum absolute atomic E-state index is 0.112. The monoisotopic (exact) mass is 703 g/mol. The summed E-state index contributed by atoms with van der Waals surface area (Å²) < 4.78 is 27.0. The molecular formula is C33H38FN11O4S. The smallest absolute Gasteiger partial charge is 0.420 e. The molecule has 4 aromatic heterocycles. The molecule has 0 saturated carbocycles. The molecular weight excluding hydrogens is 666 g/mol. The third-order valence-electron chi connectivity index (χ3n) is 7.03. The summed E-state index contributed by atoms with van der Waals surface area (Å²) in [6.45, 7) is 11.3. The molecule has 0 aliphatic heterocycles. The molecule has 0 saturated heterocycles. The van der Waals surface area contributed by atoms with E-state index in [1.807, 2.05) is 0 Å². The largest absolute Gasteiger partial charge is 0.444 e. The van der Waals surface area contributed by atoms with Crippen LogP contribution in [0.25, 0.3) is 31.8 Å². The van der Waals surface area contributed by atoms with Crippen molar-refractivity contribution in [3.63, 3.8) is 0 Å². The number of azide groups is 1. The van der Waals surface area contributed by atoms with E-state index in [0.29, 0.717) is 44.5 Å². The molecule has 0 aliphatic rings. The third-order valence-corrected chi connectivity index (χ3v) is 8.05. The van der Waals surface area contributed by atoms with E-state index < -0.39 is 29.2 Å². The Balaban J connectivity index is 1.38. The molecule has 5 rings (SSSR count). The van der Waals surface area contributed by atoms with Crippen molar-refractivity contribution < 1.29 is 23.5 Å². The van der Waals surface area contributed by atoms with Crippen LogP contribution in [0.4, 0.5) is 19.8 Å². The number of imidazole rings is 1. The van der Waals surface area contributed by atoms with Gasteiger partial charge >= 0.3 is 12.2 Å². The van der Waals surface area contributed by atoms with Gasteiger partial charge in [-0.1, -0.05) is 22.5 Å². The molecule has 15 nitrogen and oxygen atoms in total. The summed E-state index contributed by atoms with van der Waals surface area (Å²) in [6, 6.07) is 8.11. The number of ether oxygens (including phenoxy) is 2. The van der Waals surface area contributed by atoms with Crippen LogP contribution in [0.5, 0.6) is 0 Å². The van der Waals surface area contributed by atoms with Crippen molar-refractivity contribution in [3.8, 4) is 0 Å². The average Bonchev–Trinajstić information content (AvgIpc) is 3.62. The molecule has 0 unspecified atom stereocenters. The van der Waals surface area contributed by atoms with Gasteiger partial charge in [-0.2, -0.15) is 0 Å². The molecule has 50 heavy (non-hydrogen) atoms. The summed E-state index contributed by atoms with van der Waals surface area (Å²) in [4.78, 5) is 54.1. The number of halogens is 1. The van der Waals surface area contributed by atoms with E-state index in [9.17, 15) is 14.0 Å². The van der Waals surface area contributed by atoms with Gasteiger partial charge in [0.15, 0.2) is 5.82 Å². The molecule has 0 radical (unpaired) electrons. The fourth-order valence-corrected chi connectivity index (χ4v) is 5.79. The molecule has 262 valence electrons. The van der Waals surface area contributed by atoms with Crippen LogP contribution < -0.4 is 5.32 Å². The highest BCUT2D eigenvalue weighted by atomic mass is 32.1. The lowest BCUT2D eigenvalue weighted by Gasteiger charge is -2.27. The summed E-state index contributed by atoms with van der Waals surface area (Å²) >= 11 is 1.36. The van der Waals surface area contributed by atoms with Gasteiger partial charge in [-0.3, -0.25) is 4.98 Å². The summed E-state index contributed by atoms with van der Waals surface area (Å²) in [6.07, 6.45) is 2.36. The van der Waals surface area contributed by atoms with E-state index in [2.05, 4.69) is 30.3 Å². The van der Waals surface area contributed by atoms with Gasteiger partial charge in [0, 0.05) is 37.0 Å². The zero-order valence-corrected chi connectivity index (χ0v) is 29.5. The molecule has 1 amide bonds.